The number of aromatic hydroxyl groups is 1. The largest absolute Gasteiger partial charge is 0.508 e. The molecule has 0 aliphatic heterocycles. The lowest BCUT2D eigenvalue weighted by Crippen LogP contribution is -2.57. The molecule has 172 valence electrons. The van der Waals surface area contributed by atoms with Crippen LogP contribution in [0.15, 0.2) is 24.3 Å². The first-order valence-electron chi connectivity index (χ1n) is 9.74. The van der Waals surface area contributed by atoms with Gasteiger partial charge in [0.2, 0.25) is 17.7 Å². The quantitative estimate of drug-likeness (QED) is 0.216. The van der Waals surface area contributed by atoms with Crippen molar-refractivity contribution >= 4 is 23.7 Å². The number of carbonyl (C=O) groups excluding carboxylic acids is 3. The summed E-state index contributed by atoms with van der Waals surface area (Å²) in [6.45, 7) is 4.08. The Balaban J connectivity index is 2.60. The molecule has 0 spiro atoms. The number of rotatable bonds is 11. The number of aliphatic hydroxyl groups is 1. The van der Waals surface area contributed by atoms with Gasteiger partial charge in [-0.2, -0.15) is 0 Å². The molecule has 0 saturated heterocycles. The highest BCUT2D eigenvalue weighted by molar-refractivity contribution is 5.92. The molecule has 3 amide bonds. The van der Waals surface area contributed by atoms with Gasteiger partial charge < -0.3 is 37.0 Å². The number of nitrogens with two attached hydrogens (primary N) is 1. The van der Waals surface area contributed by atoms with Crippen molar-refractivity contribution in [1.82, 2.24) is 16.0 Å². The van der Waals surface area contributed by atoms with Crippen LogP contribution in [0.5, 0.6) is 5.75 Å². The minimum atomic E-state index is -1.52. The molecule has 11 heteroatoms. The van der Waals surface area contributed by atoms with E-state index < -0.39 is 54.5 Å². The fraction of sp³-hybridized carbons (Fsp3) is 0.500. The maximum absolute atomic E-state index is 12.4. The van der Waals surface area contributed by atoms with Gasteiger partial charge in [0.1, 0.15) is 11.8 Å². The van der Waals surface area contributed by atoms with E-state index in [9.17, 15) is 29.4 Å². The zero-order valence-corrected chi connectivity index (χ0v) is 17.7. The third kappa shape index (κ3) is 8.60. The molecule has 8 N–H and O–H groups in total. The van der Waals surface area contributed by atoms with Crippen LogP contribution in [0.2, 0.25) is 0 Å². The zero-order valence-electron chi connectivity index (χ0n) is 17.7. The SMILES string of the molecule is CC(C)C(NC(=O)CNC(=O)C(N)Cc1ccc(O)cc1)C(=O)NC(C(=O)O)C(C)O. The van der Waals surface area contributed by atoms with Crippen LogP contribution in [0.4, 0.5) is 0 Å². The minimum Gasteiger partial charge on any atom is -0.508 e. The number of phenolic OH excluding ortho intramolecular Hbond substituents is 1. The summed E-state index contributed by atoms with van der Waals surface area (Å²) in [6.07, 6.45) is -1.14. The topological polar surface area (TPSA) is 191 Å². The van der Waals surface area contributed by atoms with E-state index in [4.69, 9.17) is 10.8 Å². The third-order valence-electron chi connectivity index (χ3n) is 4.46. The predicted octanol–water partition coefficient (Wildman–Crippen LogP) is -1.53. The van der Waals surface area contributed by atoms with Crippen LogP contribution in [0.25, 0.3) is 0 Å². The van der Waals surface area contributed by atoms with Crippen molar-refractivity contribution in [2.45, 2.75) is 51.4 Å². The average molecular weight is 438 g/mol. The lowest BCUT2D eigenvalue weighted by molar-refractivity contribution is -0.145. The lowest BCUT2D eigenvalue weighted by Gasteiger charge is -2.25. The highest BCUT2D eigenvalue weighted by atomic mass is 16.4. The second-order valence-corrected chi connectivity index (χ2v) is 7.55. The molecule has 1 rings (SSSR count). The Morgan fingerprint density at radius 2 is 1.55 bits per heavy atom. The van der Waals surface area contributed by atoms with Crippen molar-refractivity contribution in [2.75, 3.05) is 6.54 Å². The predicted molar refractivity (Wildman–Crippen MR) is 111 cm³/mol. The summed E-state index contributed by atoms with van der Waals surface area (Å²) in [5.41, 5.74) is 6.56. The summed E-state index contributed by atoms with van der Waals surface area (Å²) in [5, 5.41) is 34.9. The van der Waals surface area contributed by atoms with Crippen LogP contribution in [-0.2, 0) is 25.6 Å². The van der Waals surface area contributed by atoms with Crippen molar-refractivity contribution in [2.24, 2.45) is 11.7 Å². The normalized spacial score (nSPS) is 14.8. The van der Waals surface area contributed by atoms with Gasteiger partial charge in [-0.1, -0.05) is 26.0 Å². The Labute approximate surface area is 180 Å². The second kappa shape index (κ2) is 11.9. The summed E-state index contributed by atoms with van der Waals surface area (Å²) in [5.74, 6) is -3.72. The molecule has 0 fully saturated rings. The molecule has 0 bridgehead atoms. The first-order chi connectivity index (χ1) is 14.4. The highest BCUT2D eigenvalue weighted by Crippen LogP contribution is 2.11. The molecule has 0 aliphatic rings. The van der Waals surface area contributed by atoms with Gasteiger partial charge in [0.15, 0.2) is 6.04 Å². The Kier molecular flexibility index (Phi) is 9.90. The molecule has 4 atom stereocenters. The molecule has 0 aromatic heterocycles. The summed E-state index contributed by atoms with van der Waals surface area (Å²) in [4.78, 5) is 47.9. The Bertz CT molecular complexity index is 780. The number of carboxylic acid groups (broad SMARTS) is 1. The number of carboxylic acids is 1. The molecule has 1 aromatic carbocycles. The maximum Gasteiger partial charge on any atom is 0.328 e. The zero-order chi connectivity index (χ0) is 23.7. The van der Waals surface area contributed by atoms with Crippen molar-refractivity contribution < 1.29 is 34.5 Å². The van der Waals surface area contributed by atoms with E-state index in [1.165, 1.54) is 19.1 Å². The molecule has 11 nitrogen and oxygen atoms in total. The van der Waals surface area contributed by atoms with Gasteiger partial charge in [-0.25, -0.2) is 4.79 Å². The Hall–Kier alpha value is -3.18. The molecule has 4 unspecified atom stereocenters. The van der Waals surface area contributed by atoms with Gasteiger partial charge in [0, 0.05) is 0 Å². The fourth-order valence-corrected chi connectivity index (χ4v) is 2.67. The number of nitrogens with one attached hydrogen (secondary N) is 3. The van der Waals surface area contributed by atoms with Gasteiger partial charge in [-0.3, -0.25) is 14.4 Å². The van der Waals surface area contributed by atoms with Crippen LogP contribution >= 0.6 is 0 Å². The molecule has 0 aliphatic carbocycles. The molecular weight excluding hydrogens is 408 g/mol. The van der Waals surface area contributed by atoms with E-state index >= 15 is 0 Å². The Morgan fingerprint density at radius 1 is 0.968 bits per heavy atom. The standard InChI is InChI=1S/C20H30N4O7/c1-10(2)16(19(29)24-17(11(3)25)20(30)31)23-15(27)9-22-18(28)14(21)8-12-4-6-13(26)7-5-12/h4-7,10-11,14,16-17,25-26H,8-9,21H2,1-3H3,(H,22,28)(H,23,27)(H,24,29)(H,30,31). The first-order valence-corrected chi connectivity index (χ1v) is 9.74. The van der Waals surface area contributed by atoms with E-state index in [1.807, 2.05) is 0 Å². The average Bonchev–Trinajstić information content (AvgIpc) is 2.68. The molecule has 0 radical (unpaired) electrons. The third-order valence-corrected chi connectivity index (χ3v) is 4.46. The summed E-state index contributed by atoms with van der Waals surface area (Å²) >= 11 is 0. The van der Waals surface area contributed by atoms with Gasteiger partial charge >= 0.3 is 5.97 Å². The summed E-state index contributed by atoms with van der Waals surface area (Å²) < 4.78 is 0. The highest BCUT2D eigenvalue weighted by Gasteiger charge is 2.31. The molecule has 31 heavy (non-hydrogen) atoms. The first kappa shape index (κ1) is 25.9. The number of hydrogen-bond acceptors (Lipinski definition) is 7. The van der Waals surface area contributed by atoms with Gasteiger partial charge in [-0.05, 0) is 37.0 Å². The number of phenols is 1. The van der Waals surface area contributed by atoms with Gasteiger partial charge in [0.25, 0.3) is 0 Å². The Morgan fingerprint density at radius 3 is 2.03 bits per heavy atom. The van der Waals surface area contributed by atoms with E-state index in [1.54, 1.807) is 26.0 Å². The fourth-order valence-electron chi connectivity index (χ4n) is 2.67. The second-order valence-electron chi connectivity index (χ2n) is 7.55. The van der Waals surface area contributed by atoms with Crippen LogP contribution in [0.3, 0.4) is 0 Å². The number of benzene rings is 1. The number of aliphatic hydroxyl groups excluding tert-OH is 1. The van der Waals surface area contributed by atoms with Crippen LogP contribution in [0, 0.1) is 5.92 Å². The van der Waals surface area contributed by atoms with E-state index in [0.717, 1.165) is 5.56 Å². The monoisotopic (exact) mass is 438 g/mol. The van der Waals surface area contributed by atoms with Crippen molar-refractivity contribution in [3.05, 3.63) is 29.8 Å². The van der Waals surface area contributed by atoms with Gasteiger partial charge in [-0.15, -0.1) is 0 Å². The van der Waals surface area contributed by atoms with Crippen LogP contribution in [-0.4, -0.2) is 69.8 Å². The molecular formula is C20H30N4O7. The van der Waals surface area contributed by atoms with E-state index in [0.29, 0.717) is 0 Å². The summed E-state index contributed by atoms with van der Waals surface area (Å²) in [6, 6.07) is 2.66. The molecule has 1 aromatic rings. The van der Waals surface area contributed by atoms with Crippen molar-refractivity contribution in [3.63, 3.8) is 0 Å². The minimum absolute atomic E-state index is 0.0882. The smallest absolute Gasteiger partial charge is 0.328 e. The number of aliphatic carboxylic acids is 1. The lowest BCUT2D eigenvalue weighted by atomic mass is 10.0. The van der Waals surface area contributed by atoms with Gasteiger partial charge in [0.05, 0.1) is 18.7 Å². The number of carbonyl (C=O) groups is 4. The van der Waals surface area contributed by atoms with Crippen LogP contribution in [0.1, 0.15) is 26.3 Å². The van der Waals surface area contributed by atoms with Crippen molar-refractivity contribution in [1.29, 1.82) is 0 Å². The van der Waals surface area contributed by atoms with E-state index in [2.05, 4.69) is 16.0 Å². The molecule has 0 saturated carbocycles. The van der Waals surface area contributed by atoms with E-state index in [-0.39, 0.29) is 18.1 Å². The number of amides is 3. The number of hydrogen-bond donors (Lipinski definition) is 7. The maximum atomic E-state index is 12.4. The van der Waals surface area contributed by atoms with Crippen LogP contribution < -0.4 is 21.7 Å². The summed E-state index contributed by atoms with van der Waals surface area (Å²) in [7, 11) is 0. The molecule has 0 heterocycles. The van der Waals surface area contributed by atoms with Crippen molar-refractivity contribution in [3.8, 4) is 5.75 Å².